The van der Waals surface area contributed by atoms with Crippen LogP contribution in [0.1, 0.15) is 29.9 Å². The lowest BCUT2D eigenvalue weighted by Gasteiger charge is -2.11. The third kappa shape index (κ3) is 2.20. The largest absolute Gasteiger partial charge is 0.490 e. The zero-order chi connectivity index (χ0) is 10.6. The van der Waals surface area contributed by atoms with Crippen molar-refractivity contribution < 1.29 is 4.74 Å². The van der Waals surface area contributed by atoms with Crippen LogP contribution in [-0.4, -0.2) is 16.8 Å². The van der Waals surface area contributed by atoms with Crippen LogP contribution in [0, 0.1) is 11.3 Å². The summed E-state index contributed by atoms with van der Waals surface area (Å²) in [7, 11) is 0. The molecule has 0 saturated carbocycles. The molecule has 1 atom stereocenters. The first kappa shape index (κ1) is 10.9. The quantitative estimate of drug-likeness (QED) is 0.778. The van der Waals surface area contributed by atoms with Gasteiger partial charge in [0.2, 0.25) is 5.69 Å². The SMILES string of the molecule is CCOc1c(C(C)Br)cnnc1C#N. The zero-order valence-corrected chi connectivity index (χ0v) is 9.58. The number of nitrogens with zero attached hydrogens (tertiary/aromatic N) is 3. The Hall–Kier alpha value is -1.15. The Morgan fingerprint density at radius 1 is 1.71 bits per heavy atom. The Morgan fingerprint density at radius 2 is 2.43 bits per heavy atom. The molecule has 0 aliphatic carbocycles. The summed E-state index contributed by atoms with van der Waals surface area (Å²) in [5, 5.41) is 16.2. The van der Waals surface area contributed by atoms with Crippen molar-refractivity contribution in [3.05, 3.63) is 17.5 Å². The normalized spacial score (nSPS) is 11.9. The van der Waals surface area contributed by atoms with E-state index < -0.39 is 0 Å². The van der Waals surface area contributed by atoms with Gasteiger partial charge in [0.15, 0.2) is 5.75 Å². The number of nitriles is 1. The second-order valence-electron chi connectivity index (χ2n) is 2.64. The number of alkyl halides is 1. The first-order valence-electron chi connectivity index (χ1n) is 4.23. The summed E-state index contributed by atoms with van der Waals surface area (Å²) in [4.78, 5) is 0.0895. The van der Waals surface area contributed by atoms with E-state index in [1.54, 1.807) is 6.20 Å². The summed E-state index contributed by atoms with van der Waals surface area (Å²) in [6.07, 6.45) is 1.60. The molecular formula is C9H10BrN3O. The van der Waals surface area contributed by atoms with Gasteiger partial charge in [0.05, 0.1) is 12.8 Å². The van der Waals surface area contributed by atoms with Crippen LogP contribution >= 0.6 is 15.9 Å². The van der Waals surface area contributed by atoms with Gasteiger partial charge in [-0.05, 0) is 13.8 Å². The van der Waals surface area contributed by atoms with Crippen LogP contribution in [0.5, 0.6) is 5.75 Å². The lowest BCUT2D eigenvalue weighted by atomic mass is 10.2. The van der Waals surface area contributed by atoms with E-state index in [2.05, 4.69) is 26.1 Å². The molecule has 14 heavy (non-hydrogen) atoms. The molecular weight excluding hydrogens is 246 g/mol. The average molecular weight is 256 g/mol. The number of hydrogen-bond acceptors (Lipinski definition) is 4. The van der Waals surface area contributed by atoms with E-state index >= 15 is 0 Å². The van der Waals surface area contributed by atoms with E-state index in [4.69, 9.17) is 10.00 Å². The molecule has 1 heterocycles. The van der Waals surface area contributed by atoms with Gasteiger partial charge < -0.3 is 4.74 Å². The number of halogens is 1. The topological polar surface area (TPSA) is 58.8 Å². The standard InChI is InChI=1S/C9H10BrN3O/c1-3-14-9-7(6(2)10)5-12-13-8(9)4-11/h5-6H,3H2,1-2H3. The van der Waals surface area contributed by atoms with E-state index in [-0.39, 0.29) is 10.5 Å². The van der Waals surface area contributed by atoms with Crippen molar-refractivity contribution in [1.82, 2.24) is 10.2 Å². The van der Waals surface area contributed by atoms with Crippen molar-refractivity contribution in [3.8, 4) is 11.8 Å². The fraction of sp³-hybridized carbons (Fsp3) is 0.444. The highest BCUT2D eigenvalue weighted by atomic mass is 79.9. The van der Waals surface area contributed by atoms with Crippen molar-refractivity contribution in [1.29, 1.82) is 5.26 Å². The molecule has 5 heteroatoms. The minimum absolute atomic E-state index is 0.0895. The molecule has 0 saturated heterocycles. The Kier molecular flexibility index (Phi) is 3.84. The molecule has 1 aromatic rings. The summed E-state index contributed by atoms with van der Waals surface area (Å²) >= 11 is 3.41. The van der Waals surface area contributed by atoms with Crippen LogP contribution in [0.15, 0.2) is 6.20 Å². The van der Waals surface area contributed by atoms with Crippen molar-refractivity contribution in [2.75, 3.05) is 6.61 Å². The maximum absolute atomic E-state index is 8.80. The van der Waals surface area contributed by atoms with Crippen LogP contribution in [0.4, 0.5) is 0 Å². The minimum atomic E-state index is 0.0895. The van der Waals surface area contributed by atoms with Crippen LogP contribution < -0.4 is 4.74 Å². The molecule has 1 aromatic heterocycles. The van der Waals surface area contributed by atoms with Crippen LogP contribution in [0.25, 0.3) is 0 Å². The number of rotatable bonds is 3. The molecule has 0 N–H and O–H groups in total. The van der Waals surface area contributed by atoms with Gasteiger partial charge in [-0.25, -0.2) is 0 Å². The van der Waals surface area contributed by atoms with Gasteiger partial charge in [0.1, 0.15) is 6.07 Å². The molecule has 74 valence electrons. The summed E-state index contributed by atoms with van der Waals surface area (Å²) in [6.45, 7) is 4.32. The number of ether oxygens (including phenoxy) is 1. The minimum Gasteiger partial charge on any atom is -0.490 e. The molecule has 0 amide bonds. The van der Waals surface area contributed by atoms with E-state index in [9.17, 15) is 0 Å². The Bertz CT molecular complexity index is 360. The fourth-order valence-corrected chi connectivity index (χ4v) is 1.37. The Morgan fingerprint density at radius 3 is 2.93 bits per heavy atom. The van der Waals surface area contributed by atoms with Crippen LogP contribution in [0.3, 0.4) is 0 Å². The van der Waals surface area contributed by atoms with Gasteiger partial charge in [-0.2, -0.15) is 10.4 Å². The predicted octanol–water partition coefficient (Wildman–Crippen LogP) is 2.20. The third-order valence-corrected chi connectivity index (χ3v) is 2.15. The molecule has 0 bridgehead atoms. The van der Waals surface area contributed by atoms with Crippen LogP contribution in [0.2, 0.25) is 0 Å². The van der Waals surface area contributed by atoms with Crippen LogP contribution in [-0.2, 0) is 0 Å². The summed E-state index contributed by atoms with van der Waals surface area (Å²) < 4.78 is 5.37. The molecule has 0 spiro atoms. The van der Waals surface area contributed by atoms with Crippen molar-refractivity contribution in [2.45, 2.75) is 18.7 Å². The Labute approximate surface area is 91.0 Å². The molecule has 0 aliphatic rings. The molecule has 4 nitrogen and oxygen atoms in total. The van der Waals surface area contributed by atoms with Gasteiger partial charge in [0.25, 0.3) is 0 Å². The first-order chi connectivity index (χ1) is 6.70. The van der Waals surface area contributed by atoms with Gasteiger partial charge in [0, 0.05) is 10.4 Å². The predicted molar refractivity (Wildman–Crippen MR) is 55.3 cm³/mol. The van der Waals surface area contributed by atoms with Gasteiger partial charge >= 0.3 is 0 Å². The van der Waals surface area contributed by atoms with E-state index in [1.807, 2.05) is 19.9 Å². The van der Waals surface area contributed by atoms with Gasteiger partial charge in [-0.3, -0.25) is 0 Å². The van der Waals surface area contributed by atoms with Crippen molar-refractivity contribution in [3.63, 3.8) is 0 Å². The summed E-state index contributed by atoms with van der Waals surface area (Å²) in [6, 6.07) is 1.96. The third-order valence-electron chi connectivity index (χ3n) is 1.65. The molecule has 0 radical (unpaired) electrons. The smallest absolute Gasteiger partial charge is 0.205 e. The molecule has 0 fully saturated rings. The first-order valence-corrected chi connectivity index (χ1v) is 5.14. The number of hydrogen-bond donors (Lipinski definition) is 0. The van der Waals surface area contributed by atoms with Crippen molar-refractivity contribution in [2.24, 2.45) is 0 Å². The zero-order valence-electron chi connectivity index (χ0n) is 7.99. The van der Waals surface area contributed by atoms with E-state index in [0.717, 1.165) is 5.56 Å². The second-order valence-corrected chi connectivity index (χ2v) is 4.01. The monoisotopic (exact) mass is 255 g/mol. The summed E-state index contributed by atoms with van der Waals surface area (Å²) in [5.74, 6) is 0.523. The summed E-state index contributed by atoms with van der Waals surface area (Å²) in [5.41, 5.74) is 1.08. The second kappa shape index (κ2) is 4.91. The number of aromatic nitrogens is 2. The van der Waals surface area contributed by atoms with E-state index in [0.29, 0.717) is 12.4 Å². The van der Waals surface area contributed by atoms with Crippen molar-refractivity contribution >= 4 is 15.9 Å². The molecule has 1 rings (SSSR count). The molecule has 0 aromatic carbocycles. The Balaban J connectivity index is 3.22. The van der Waals surface area contributed by atoms with Gasteiger partial charge in [-0.15, -0.1) is 5.10 Å². The fourth-order valence-electron chi connectivity index (χ4n) is 1.04. The van der Waals surface area contributed by atoms with Gasteiger partial charge in [-0.1, -0.05) is 15.9 Å². The highest BCUT2D eigenvalue weighted by Crippen LogP contribution is 2.31. The van der Waals surface area contributed by atoms with E-state index in [1.165, 1.54) is 0 Å². The highest BCUT2D eigenvalue weighted by molar-refractivity contribution is 9.09. The maximum atomic E-state index is 8.80. The highest BCUT2D eigenvalue weighted by Gasteiger charge is 2.14. The average Bonchev–Trinajstić information content (AvgIpc) is 2.18. The maximum Gasteiger partial charge on any atom is 0.205 e. The molecule has 1 unspecified atom stereocenters. The molecule has 0 aliphatic heterocycles. The lowest BCUT2D eigenvalue weighted by molar-refractivity contribution is 0.333. The lowest BCUT2D eigenvalue weighted by Crippen LogP contribution is -2.03.